The summed E-state index contributed by atoms with van der Waals surface area (Å²) >= 11 is 0. The van der Waals surface area contributed by atoms with Gasteiger partial charge in [0.2, 0.25) is 0 Å². The van der Waals surface area contributed by atoms with Crippen LogP contribution in [-0.2, 0) is 13.6 Å². The highest BCUT2D eigenvalue weighted by Gasteiger charge is 2.23. The van der Waals surface area contributed by atoms with Gasteiger partial charge in [-0.15, -0.1) is 0 Å². The molecule has 7 heteroatoms. The molecule has 1 saturated heterocycles. The lowest BCUT2D eigenvalue weighted by atomic mass is 9.96. The van der Waals surface area contributed by atoms with Gasteiger partial charge < -0.3 is 9.32 Å². The van der Waals surface area contributed by atoms with E-state index < -0.39 is 0 Å². The zero-order chi connectivity index (χ0) is 17.1. The topological polar surface area (TPSA) is 67.4 Å². The van der Waals surface area contributed by atoms with Crippen molar-refractivity contribution in [2.24, 2.45) is 13.0 Å². The minimum atomic E-state index is 0.0450. The van der Waals surface area contributed by atoms with Gasteiger partial charge in [0.1, 0.15) is 6.26 Å². The van der Waals surface area contributed by atoms with Gasteiger partial charge in [-0.1, -0.05) is 0 Å². The Hall–Kier alpha value is -2.15. The molecule has 0 atom stereocenters. The van der Waals surface area contributed by atoms with Crippen LogP contribution in [0.4, 0.5) is 0 Å². The van der Waals surface area contributed by atoms with E-state index in [1.165, 1.54) is 0 Å². The first-order chi connectivity index (χ1) is 11.5. The third-order valence-corrected chi connectivity index (χ3v) is 4.59. The number of nitrogens with zero attached hydrogens (tertiary/aromatic N) is 5. The smallest absolute Gasteiger partial charge is 0.256 e. The number of carbonyl (C=O) groups excluding carboxylic acids is 1. The molecule has 0 aliphatic carbocycles. The number of rotatable bonds is 5. The molecule has 2 aromatic heterocycles. The Morgan fingerprint density at radius 1 is 1.42 bits per heavy atom. The molecule has 0 aromatic carbocycles. The van der Waals surface area contributed by atoms with Crippen LogP contribution in [0.15, 0.2) is 23.1 Å². The van der Waals surface area contributed by atoms with Crippen LogP contribution in [0, 0.1) is 12.8 Å². The second-order valence-corrected chi connectivity index (χ2v) is 6.67. The van der Waals surface area contributed by atoms with E-state index in [2.05, 4.69) is 15.0 Å². The first-order valence-corrected chi connectivity index (χ1v) is 8.38. The Bertz CT molecular complexity index is 685. The quantitative estimate of drug-likeness (QED) is 0.834. The summed E-state index contributed by atoms with van der Waals surface area (Å²) in [7, 11) is 3.70. The molecule has 130 valence electrons. The molecule has 0 radical (unpaired) electrons. The fourth-order valence-electron chi connectivity index (χ4n) is 3.26. The normalized spacial score (nSPS) is 16.5. The molecule has 1 amide bonds. The molecule has 1 aliphatic heterocycles. The highest BCUT2D eigenvalue weighted by Crippen LogP contribution is 2.20. The maximum absolute atomic E-state index is 12.4. The van der Waals surface area contributed by atoms with E-state index in [1.807, 2.05) is 25.9 Å². The maximum atomic E-state index is 12.4. The van der Waals surface area contributed by atoms with E-state index in [4.69, 9.17) is 4.42 Å². The molecular formula is C17H25N5O2. The molecule has 3 rings (SSSR count). The summed E-state index contributed by atoms with van der Waals surface area (Å²) < 4.78 is 6.92. The van der Waals surface area contributed by atoms with Crippen molar-refractivity contribution in [1.82, 2.24) is 24.6 Å². The van der Waals surface area contributed by atoms with E-state index in [0.717, 1.165) is 50.6 Å². The molecule has 0 saturated carbocycles. The highest BCUT2D eigenvalue weighted by molar-refractivity contribution is 5.93. The van der Waals surface area contributed by atoms with Gasteiger partial charge in [-0.05, 0) is 31.8 Å². The van der Waals surface area contributed by atoms with E-state index in [9.17, 15) is 4.79 Å². The van der Waals surface area contributed by atoms with Crippen LogP contribution in [0.3, 0.4) is 0 Å². The number of piperidine rings is 1. The Morgan fingerprint density at radius 2 is 2.17 bits per heavy atom. The molecule has 2 aromatic rings. The second kappa shape index (κ2) is 7.17. The Kier molecular flexibility index (Phi) is 4.99. The van der Waals surface area contributed by atoms with Gasteiger partial charge >= 0.3 is 0 Å². The molecule has 0 bridgehead atoms. The number of hydrogen-bond donors (Lipinski definition) is 0. The fraction of sp³-hybridized carbons (Fsp3) is 0.588. The van der Waals surface area contributed by atoms with Crippen LogP contribution in [-0.4, -0.2) is 57.2 Å². The lowest BCUT2D eigenvalue weighted by molar-refractivity contribution is 0.0737. The summed E-state index contributed by atoms with van der Waals surface area (Å²) in [6, 6.07) is 0. The zero-order valence-electron chi connectivity index (χ0n) is 14.6. The van der Waals surface area contributed by atoms with Crippen LogP contribution in [0.5, 0.6) is 0 Å². The lowest BCUT2D eigenvalue weighted by Crippen LogP contribution is -2.39. The molecule has 7 nitrogen and oxygen atoms in total. The molecule has 3 heterocycles. The van der Waals surface area contributed by atoms with Gasteiger partial charge in [-0.2, -0.15) is 5.10 Å². The summed E-state index contributed by atoms with van der Waals surface area (Å²) in [5.74, 6) is 1.31. The molecular weight excluding hydrogens is 306 g/mol. The van der Waals surface area contributed by atoms with Crippen molar-refractivity contribution >= 4 is 5.91 Å². The van der Waals surface area contributed by atoms with Crippen LogP contribution in [0.2, 0.25) is 0 Å². The number of carbonyl (C=O) groups is 1. The van der Waals surface area contributed by atoms with Gasteiger partial charge in [0.05, 0.1) is 17.5 Å². The van der Waals surface area contributed by atoms with Crippen molar-refractivity contribution in [3.05, 3.63) is 35.8 Å². The van der Waals surface area contributed by atoms with E-state index in [1.54, 1.807) is 23.3 Å². The number of hydrogen-bond acceptors (Lipinski definition) is 5. The van der Waals surface area contributed by atoms with E-state index >= 15 is 0 Å². The third kappa shape index (κ3) is 4.03. The summed E-state index contributed by atoms with van der Waals surface area (Å²) in [6.07, 6.45) is 7.33. The molecule has 24 heavy (non-hydrogen) atoms. The van der Waals surface area contributed by atoms with Crippen LogP contribution in [0.1, 0.15) is 34.8 Å². The average Bonchev–Trinajstić information content (AvgIpc) is 3.17. The molecule has 1 fully saturated rings. The maximum Gasteiger partial charge on any atom is 0.256 e. The monoisotopic (exact) mass is 331 g/mol. The Labute approximate surface area is 142 Å². The summed E-state index contributed by atoms with van der Waals surface area (Å²) in [4.78, 5) is 21.0. The molecule has 0 unspecified atom stereocenters. The minimum absolute atomic E-state index is 0.0450. The number of oxazole rings is 1. The SMILES string of the molecule is Cc1nc(CN2CCC(CN(C)C(=O)c3cnn(C)c3)CC2)co1. The van der Waals surface area contributed by atoms with Crippen molar-refractivity contribution < 1.29 is 9.21 Å². The van der Waals surface area contributed by atoms with Crippen molar-refractivity contribution in [1.29, 1.82) is 0 Å². The van der Waals surface area contributed by atoms with Gasteiger partial charge in [0.25, 0.3) is 5.91 Å². The van der Waals surface area contributed by atoms with Crippen molar-refractivity contribution in [3.8, 4) is 0 Å². The summed E-state index contributed by atoms with van der Waals surface area (Å²) in [5.41, 5.74) is 1.65. The Balaban J connectivity index is 1.45. The van der Waals surface area contributed by atoms with Gasteiger partial charge in [0.15, 0.2) is 5.89 Å². The number of aryl methyl sites for hydroxylation is 2. The second-order valence-electron chi connectivity index (χ2n) is 6.67. The van der Waals surface area contributed by atoms with Crippen LogP contribution < -0.4 is 0 Å². The lowest BCUT2D eigenvalue weighted by Gasteiger charge is -2.33. The minimum Gasteiger partial charge on any atom is -0.449 e. The average molecular weight is 331 g/mol. The first-order valence-electron chi connectivity index (χ1n) is 8.38. The van der Waals surface area contributed by atoms with Crippen LogP contribution in [0.25, 0.3) is 0 Å². The van der Waals surface area contributed by atoms with E-state index in [-0.39, 0.29) is 5.91 Å². The fourth-order valence-corrected chi connectivity index (χ4v) is 3.26. The zero-order valence-corrected chi connectivity index (χ0v) is 14.6. The molecule has 0 spiro atoms. The van der Waals surface area contributed by atoms with Crippen molar-refractivity contribution in [2.45, 2.75) is 26.3 Å². The highest BCUT2D eigenvalue weighted by atomic mass is 16.3. The predicted octanol–water partition coefficient (Wildman–Crippen LogP) is 1.70. The summed E-state index contributed by atoms with van der Waals surface area (Å²) in [5, 5.41) is 4.07. The van der Waals surface area contributed by atoms with Gasteiger partial charge in [-0.25, -0.2) is 4.98 Å². The van der Waals surface area contributed by atoms with Crippen molar-refractivity contribution in [3.63, 3.8) is 0 Å². The van der Waals surface area contributed by atoms with Gasteiger partial charge in [0, 0.05) is 40.3 Å². The predicted molar refractivity (Wildman–Crippen MR) is 89.4 cm³/mol. The largest absolute Gasteiger partial charge is 0.449 e. The number of aromatic nitrogens is 3. The molecule has 0 N–H and O–H groups in total. The summed E-state index contributed by atoms with van der Waals surface area (Å²) in [6.45, 7) is 5.57. The van der Waals surface area contributed by atoms with Crippen LogP contribution >= 0.6 is 0 Å². The Morgan fingerprint density at radius 3 is 2.75 bits per heavy atom. The van der Waals surface area contributed by atoms with E-state index in [0.29, 0.717) is 11.5 Å². The standard InChI is InChI=1S/C17H25N5O2/c1-13-19-16(12-24-13)11-22-6-4-14(5-7-22)9-20(2)17(23)15-8-18-21(3)10-15/h8,10,12,14H,4-7,9,11H2,1-3H3. The number of amides is 1. The third-order valence-electron chi connectivity index (χ3n) is 4.59. The number of likely N-dealkylation sites (tertiary alicyclic amines) is 1. The van der Waals surface area contributed by atoms with Crippen molar-refractivity contribution in [2.75, 3.05) is 26.7 Å². The first kappa shape index (κ1) is 16.7. The molecule has 1 aliphatic rings. The van der Waals surface area contributed by atoms with Gasteiger partial charge in [-0.3, -0.25) is 14.4 Å².